The molecule has 0 amide bonds. The van der Waals surface area contributed by atoms with Crippen molar-refractivity contribution >= 4 is 69.4 Å². The van der Waals surface area contributed by atoms with E-state index in [-0.39, 0.29) is 0 Å². The fourth-order valence-electron chi connectivity index (χ4n) is 1.71. The molecule has 0 saturated carbocycles. The van der Waals surface area contributed by atoms with Gasteiger partial charge in [-0.1, -0.05) is 6.08 Å². The zero-order valence-corrected chi connectivity index (χ0v) is 15.2. The highest BCUT2D eigenvalue weighted by Crippen LogP contribution is 2.40. The Kier molecular flexibility index (Phi) is 5.09. The van der Waals surface area contributed by atoms with Gasteiger partial charge in [-0.2, -0.15) is 0 Å². The molecule has 17 heavy (non-hydrogen) atoms. The summed E-state index contributed by atoms with van der Waals surface area (Å²) < 4.78 is 3.43. The Morgan fingerprint density at radius 1 is 1.00 bits per heavy atom. The van der Waals surface area contributed by atoms with Crippen LogP contribution in [0.25, 0.3) is 0 Å². The lowest BCUT2D eigenvalue weighted by molar-refractivity contribution is 0.704. The van der Waals surface area contributed by atoms with Gasteiger partial charge in [0.15, 0.2) is 0 Å². The van der Waals surface area contributed by atoms with Gasteiger partial charge in [0, 0.05) is 5.70 Å². The van der Waals surface area contributed by atoms with Crippen LogP contribution in [0.15, 0.2) is 29.9 Å². The average molecular weight is 490 g/mol. The first-order chi connectivity index (χ1) is 8.09. The molecule has 1 aliphatic carbocycles. The van der Waals surface area contributed by atoms with E-state index in [0.717, 1.165) is 36.7 Å². The minimum Gasteiger partial charge on any atom is -0.357 e. The van der Waals surface area contributed by atoms with E-state index in [1.165, 1.54) is 18.5 Å². The number of allylic oxidation sites excluding steroid dienone is 2. The van der Waals surface area contributed by atoms with E-state index >= 15 is 0 Å². The van der Waals surface area contributed by atoms with Crippen molar-refractivity contribution in [2.24, 2.45) is 0 Å². The lowest BCUT2D eigenvalue weighted by atomic mass is 10.0. The number of hydrogen-bond acceptors (Lipinski definition) is 2. The molecule has 0 aliphatic heterocycles. The van der Waals surface area contributed by atoms with Crippen molar-refractivity contribution in [3.63, 3.8) is 0 Å². The molecule has 0 radical (unpaired) electrons. The summed E-state index contributed by atoms with van der Waals surface area (Å²) in [6.07, 6.45) is 7.07. The lowest BCUT2D eigenvalue weighted by Gasteiger charge is -2.18. The van der Waals surface area contributed by atoms with Crippen LogP contribution in [0.3, 0.4) is 0 Å². The Morgan fingerprint density at radius 3 is 2.18 bits per heavy atom. The molecule has 1 N–H and O–H groups in total. The molecule has 6 heteroatoms. The van der Waals surface area contributed by atoms with Crippen LogP contribution < -0.4 is 5.32 Å². The second-order valence-corrected chi connectivity index (χ2v) is 6.88. The first-order valence-corrected chi connectivity index (χ1v) is 8.43. The number of anilines is 1. The predicted molar refractivity (Wildman–Crippen MR) is 85.2 cm³/mol. The molecule has 92 valence electrons. The molecule has 0 atom stereocenters. The van der Waals surface area contributed by atoms with Gasteiger partial charge in [0.2, 0.25) is 0 Å². The van der Waals surface area contributed by atoms with Gasteiger partial charge in [-0.05, 0) is 89.4 Å². The van der Waals surface area contributed by atoms with Gasteiger partial charge in [0.05, 0.1) is 14.6 Å². The monoisotopic (exact) mass is 486 g/mol. The summed E-state index contributed by atoms with van der Waals surface area (Å²) in [5.74, 6) is 0. The van der Waals surface area contributed by atoms with Crippen molar-refractivity contribution in [1.29, 1.82) is 0 Å². The van der Waals surface area contributed by atoms with Crippen LogP contribution in [0.2, 0.25) is 0 Å². The normalized spacial score (nSPS) is 15.6. The number of nitrogens with one attached hydrogen (secondary N) is 1. The Morgan fingerprint density at radius 2 is 1.65 bits per heavy atom. The zero-order valence-electron chi connectivity index (χ0n) is 8.86. The maximum atomic E-state index is 4.31. The number of hydrogen-bond donors (Lipinski definition) is 1. The number of nitrogens with zero attached hydrogens (tertiary/aromatic N) is 1. The molecule has 0 spiro atoms. The third-order valence-electron chi connectivity index (χ3n) is 2.57. The molecule has 0 unspecified atom stereocenters. The van der Waals surface area contributed by atoms with Crippen LogP contribution in [-0.4, -0.2) is 4.98 Å². The van der Waals surface area contributed by atoms with Crippen molar-refractivity contribution in [2.45, 2.75) is 25.7 Å². The molecule has 2 rings (SSSR count). The van der Waals surface area contributed by atoms with Gasteiger partial charge in [-0.3, -0.25) is 0 Å². The smallest absolute Gasteiger partial charge is 0.123 e. The number of aromatic nitrogens is 1. The molecular formula is C11H10Br4N2. The van der Waals surface area contributed by atoms with Crippen LogP contribution in [0.4, 0.5) is 5.69 Å². The Balaban J connectivity index is 2.34. The van der Waals surface area contributed by atoms with Gasteiger partial charge in [0.1, 0.15) is 9.21 Å². The molecule has 0 aromatic carbocycles. The Labute approximate surface area is 134 Å². The zero-order chi connectivity index (χ0) is 12.4. The first-order valence-electron chi connectivity index (χ1n) is 5.25. The lowest BCUT2D eigenvalue weighted by Crippen LogP contribution is -2.05. The first kappa shape index (κ1) is 14.0. The fraction of sp³-hybridized carbons (Fsp3) is 0.364. The highest BCUT2D eigenvalue weighted by atomic mass is 79.9. The fourth-order valence-corrected chi connectivity index (χ4v) is 3.74. The van der Waals surface area contributed by atoms with Crippen molar-refractivity contribution in [1.82, 2.24) is 4.98 Å². The second-order valence-electron chi connectivity index (χ2n) is 3.80. The van der Waals surface area contributed by atoms with E-state index in [1.54, 1.807) is 0 Å². The van der Waals surface area contributed by atoms with Gasteiger partial charge < -0.3 is 5.32 Å². The molecule has 0 saturated heterocycles. The summed E-state index contributed by atoms with van der Waals surface area (Å²) in [6, 6.07) is 0. The minimum atomic E-state index is 0.784. The quantitative estimate of drug-likeness (QED) is 0.515. The third-order valence-corrected chi connectivity index (χ3v) is 6.33. The van der Waals surface area contributed by atoms with Crippen LogP contribution >= 0.6 is 63.7 Å². The number of halogens is 4. The Bertz CT molecular complexity index is 445. The summed E-state index contributed by atoms with van der Waals surface area (Å²) in [6.45, 7) is 0. The molecule has 1 aliphatic rings. The molecule has 1 aromatic rings. The van der Waals surface area contributed by atoms with Crippen molar-refractivity contribution in [2.75, 3.05) is 5.32 Å². The van der Waals surface area contributed by atoms with E-state index in [1.807, 2.05) is 0 Å². The highest BCUT2D eigenvalue weighted by Gasteiger charge is 2.15. The third kappa shape index (κ3) is 3.33. The largest absolute Gasteiger partial charge is 0.357 e. The van der Waals surface area contributed by atoms with Crippen molar-refractivity contribution < 1.29 is 0 Å². The van der Waals surface area contributed by atoms with Gasteiger partial charge in [0.25, 0.3) is 0 Å². The SMILES string of the molecule is Brc1nc(Br)c(Br)c(NC2=CCCCC2)c1Br. The van der Waals surface area contributed by atoms with Crippen molar-refractivity contribution in [3.8, 4) is 0 Å². The molecule has 1 aromatic heterocycles. The van der Waals surface area contributed by atoms with E-state index in [0.29, 0.717) is 0 Å². The van der Waals surface area contributed by atoms with Crippen LogP contribution in [-0.2, 0) is 0 Å². The number of pyridine rings is 1. The molecule has 0 bridgehead atoms. The number of rotatable bonds is 2. The molecule has 2 nitrogen and oxygen atoms in total. The topological polar surface area (TPSA) is 24.9 Å². The van der Waals surface area contributed by atoms with Gasteiger partial charge in [-0.25, -0.2) is 4.98 Å². The van der Waals surface area contributed by atoms with Crippen LogP contribution in [0, 0.1) is 0 Å². The van der Waals surface area contributed by atoms with Crippen molar-refractivity contribution in [3.05, 3.63) is 29.9 Å². The van der Waals surface area contributed by atoms with Crippen LogP contribution in [0.1, 0.15) is 25.7 Å². The summed E-state index contributed by atoms with van der Waals surface area (Å²) >= 11 is 13.9. The highest BCUT2D eigenvalue weighted by molar-refractivity contribution is 9.14. The summed E-state index contributed by atoms with van der Waals surface area (Å²) in [5.41, 5.74) is 2.29. The molecular weight excluding hydrogens is 480 g/mol. The average Bonchev–Trinajstić information content (AvgIpc) is 2.33. The second kappa shape index (κ2) is 6.17. The van der Waals surface area contributed by atoms with E-state index < -0.39 is 0 Å². The molecule has 0 fully saturated rings. The molecule has 1 heterocycles. The van der Waals surface area contributed by atoms with E-state index in [9.17, 15) is 0 Å². The Hall–Kier alpha value is 0.610. The predicted octanol–water partition coefficient (Wildman–Crippen LogP) is 6.00. The maximum Gasteiger partial charge on any atom is 0.123 e. The summed E-state index contributed by atoms with van der Waals surface area (Å²) in [5, 5.41) is 3.47. The van der Waals surface area contributed by atoms with Gasteiger partial charge >= 0.3 is 0 Å². The van der Waals surface area contributed by atoms with Crippen LogP contribution in [0.5, 0.6) is 0 Å². The van der Waals surface area contributed by atoms with E-state index in [2.05, 4.69) is 80.1 Å². The van der Waals surface area contributed by atoms with Gasteiger partial charge in [-0.15, -0.1) is 0 Å². The minimum absolute atomic E-state index is 0.784. The summed E-state index contributed by atoms with van der Waals surface area (Å²) in [7, 11) is 0. The summed E-state index contributed by atoms with van der Waals surface area (Å²) in [4.78, 5) is 4.31. The van der Waals surface area contributed by atoms with E-state index in [4.69, 9.17) is 0 Å². The maximum absolute atomic E-state index is 4.31. The standard InChI is InChI=1S/C11H10Br4N2/c12-7-9(8(13)11(15)17-10(7)14)16-6-4-2-1-3-5-6/h4H,1-3,5H2,(H,16,17).